The molecular weight excluding hydrogens is 305 g/mol. The Balaban J connectivity index is 2.27. The van der Waals surface area contributed by atoms with Gasteiger partial charge in [-0.15, -0.1) is 0 Å². The number of rotatable bonds is 5. The first kappa shape index (κ1) is 13.0. The molecule has 0 aromatic carbocycles. The van der Waals surface area contributed by atoms with Gasteiger partial charge in [-0.25, -0.2) is 0 Å². The van der Waals surface area contributed by atoms with Gasteiger partial charge in [-0.3, -0.25) is 0 Å². The summed E-state index contributed by atoms with van der Waals surface area (Å²) in [6.07, 6.45) is 1.51. The Morgan fingerprint density at radius 1 is 1.50 bits per heavy atom. The fourth-order valence-electron chi connectivity index (χ4n) is 1.41. The molecule has 18 heavy (non-hydrogen) atoms. The predicted octanol–water partition coefficient (Wildman–Crippen LogP) is -1.86. The number of fused-ring (bicyclic) bond motifs is 1. The van der Waals surface area contributed by atoms with Gasteiger partial charge in [0.25, 0.3) is 0 Å². The summed E-state index contributed by atoms with van der Waals surface area (Å²) in [6.45, 7) is -0.113. The van der Waals surface area contributed by atoms with Crippen LogP contribution >= 0.6 is 0 Å². The van der Waals surface area contributed by atoms with Gasteiger partial charge in [-0.2, -0.15) is 0 Å². The van der Waals surface area contributed by atoms with Gasteiger partial charge in [-0.05, 0) is 0 Å². The molecule has 2 aromatic heterocycles. The Hall–Kier alpha value is -1.41. The van der Waals surface area contributed by atoms with Gasteiger partial charge in [0.2, 0.25) is 0 Å². The van der Waals surface area contributed by atoms with Crippen molar-refractivity contribution in [3.63, 3.8) is 0 Å². The Bertz CT molecular complexity index is 591. The third-order valence-electron chi connectivity index (χ3n) is 2.35. The molecule has 2 rings (SSSR count). The van der Waals surface area contributed by atoms with Crippen LogP contribution in [0.3, 0.4) is 0 Å². The van der Waals surface area contributed by atoms with Crippen LogP contribution in [0.5, 0.6) is 0 Å². The summed E-state index contributed by atoms with van der Waals surface area (Å²) in [4.78, 5) is 21.8. The average Bonchev–Trinajstić information content (AvgIpc) is 2.74. The van der Waals surface area contributed by atoms with Gasteiger partial charge in [0.15, 0.2) is 0 Å². The molecule has 0 radical (unpaired) electrons. The van der Waals surface area contributed by atoms with Crippen molar-refractivity contribution in [2.24, 2.45) is 0 Å². The summed E-state index contributed by atoms with van der Waals surface area (Å²) in [7, 11) is 0. The van der Waals surface area contributed by atoms with E-state index in [1.54, 1.807) is 4.57 Å². The van der Waals surface area contributed by atoms with Crippen LogP contribution in [-0.2, 0) is 5.44 Å². The van der Waals surface area contributed by atoms with Crippen molar-refractivity contribution in [3.8, 4) is 0 Å². The van der Waals surface area contributed by atoms with Gasteiger partial charge in [0.1, 0.15) is 0 Å². The van der Waals surface area contributed by atoms with Crippen LogP contribution in [0.1, 0.15) is 0 Å². The second-order valence-electron chi connectivity index (χ2n) is 3.62. The zero-order valence-electron chi connectivity index (χ0n) is 9.41. The fourth-order valence-corrected chi connectivity index (χ4v) is 3.03. The zero-order valence-corrected chi connectivity index (χ0v) is 11.1. The molecule has 5 N–H and O–H groups in total. The van der Waals surface area contributed by atoms with E-state index in [1.807, 2.05) is 0 Å². The van der Waals surface area contributed by atoms with Crippen LogP contribution in [0.4, 0.5) is 5.95 Å². The van der Waals surface area contributed by atoms with E-state index in [0.717, 1.165) is 0 Å². The van der Waals surface area contributed by atoms with Crippen LogP contribution in [-0.4, -0.2) is 57.9 Å². The zero-order chi connectivity index (χ0) is 13.1. The molecule has 0 saturated heterocycles. The standard InChI is InChI=1S/C9H13N5O3Se/c10-9-12-7-6(8(17)13-9)11-3-14(7)4-18-5(1-15)2-16/h3,5,15-16H,1-2,4H2,(H3,10,12,13,17). The summed E-state index contributed by atoms with van der Waals surface area (Å²) in [5.74, 6) is 0.0441. The van der Waals surface area contributed by atoms with Crippen molar-refractivity contribution in [3.05, 3.63) is 16.7 Å². The number of nitrogens with two attached hydrogens (primary N) is 1. The number of nitrogen functional groups attached to an aromatic ring is 1. The number of nitrogens with zero attached hydrogens (tertiary/aromatic N) is 3. The number of aromatic amines is 1. The average molecular weight is 318 g/mol. The number of aliphatic hydroxyl groups excluding tert-OH is 2. The van der Waals surface area contributed by atoms with Crippen molar-refractivity contribution in [2.75, 3.05) is 18.9 Å². The topological polar surface area (TPSA) is 130 Å². The van der Waals surface area contributed by atoms with E-state index < -0.39 is 0 Å². The number of imidazole rings is 1. The van der Waals surface area contributed by atoms with E-state index in [-0.39, 0.29) is 50.0 Å². The van der Waals surface area contributed by atoms with Crippen molar-refractivity contribution in [2.45, 2.75) is 10.3 Å². The number of hydrogen-bond donors (Lipinski definition) is 4. The Kier molecular flexibility index (Phi) is 3.97. The molecule has 0 amide bonds. The van der Waals surface area contributed by atoms with Crippen molar-refractivity contribution >= 4 is 32.1 Å². The molecule has 0 aliphatic carbocycles. The molecule has 2 aromatic rings. The molecule has 2 heterocycles. The summed E-state index contributed by atoms with van der Waals surface area (Å²) < 4.78 is 1.71. The number of anilines is 1. The van der Waals surface area contributed by atoms with E-state index >= 15 is 0 Å². The maximum absolute atomic E-state index is 11.5. The van der Waals surface area contributed by atoms with Gasteiger partial charge in [0, 0.05) is 0 Å². The molecule has 0 fully saturated rings. The molecular formula is C9H13N5O3Se. The minimum atomic E-state index is -0.371. The Morgan fingerprint density at radius 3 is 2.89 bits per heavy atom. The molecule has 0 spiro atoms. The van der Waals surface area contributed by atoms with E-state index in [9.17, 15) is 4.79 Å². The van der Waals surface area contributed by atoms with E-state index in [1.165, 1.54) is 6.33 Å². The summed E-state index contributed by atoms with van der Waals surface area (Å²) >= 11 is -0.0177. The van der Waals surface area contributed by atoms with Gasteiger partial charge in [0.05, 0.1) is 0 Å². The quantitative estimate of drug-likeness (QED) is 0.478. The molecule has 0 atom stereocenters. The Labute approximate surface area is 108 Å². The first-order chi connectivity index (χ1) is 8.65. The van der Waals surface area contributed by atoms with Crippen molar-refractivity contribution in [1.82, 2.24) is 19.5 Å². The summed E-state index contributed by atoms with van der Waals surface area (Å²) in [5, 5.41) is 18.0. The predicted molar refractivity (Wildman–Crippen MR) is 66.2 cm³/mol. The molecule has 0 aliphatic rings. The molecule has 0 unspecified atom stereocenters. The first-order valence-electron chi connectivity index (χ1n) is 5.19. The van der Waals surface area contributed by atoms with Crippen LogP contribution in [0, 0.1) is 0 Å². The number of aromatic nitrogens is 4. The van der Waals surface area contributed by atoms with Crippen molar-refractivity contribution in [1.29, 1.82) is 0 Å². The normalized spacial score (nSPS) is 11.5. The fraction of sp³-hybridized carbons (Fsp3) is 0.444. The molecule has 0 saturated carbocycles. The molecule has 0 aliphatic heterocycles. The van der Waals surface area contributed by atoms with Gasteiger partial charge < -0.3 is 0 Å². The third kappa shape index (κ3) is 2.54. The summed E-state index contributed by atoms with van der Waals surface area (Å²) in [5.41, 5.74) is 6.33. The van der Waals surface area contributed by atoms with E-state index in [2.05, 4.69) is 15.0 Å². The number of hydrogen-bond acceptors (Lipinski definition) is 6. The number of nitrogens with one attached hydrogen (secondary N) is 1. The minimum absolute atomic E-state index is 0.0177. The first-order valence-corrected chi connectivity index (χ1v) is 7.39. The SMILES string of the molecule is Nc1nc2c(ncn2C[Se]C(CO)CO)c(=O)[nH]1. The second-order valence-corrected chi connectivity index (χ2v) is 6.26. The Morgan fingerprint density at radius 2 is 2.22 bits per heavy atom. The number of aliphatic hydroxyl groups is 2. The molecule has 9 heteroatoms. The van der Waals surface area contributed by atoms with Crippen LogP contribution in [0.25, 0.3) is 11.2 Å². The summed E-state index contributed by atoms with van der Waals surface area (Å²) in [6, 6.07) is 0. The maximum atomic E-state index is 11.5. The second kappa shape index (κ2) is 5.49. The monoisotopic (exact) mass is 319 g/mol. The molecule has 98 valence electrons. The molecule has 0 bridgehead atoms. The molecule has 8 nitrogen and oxygen atoms in total. The number of H-pyrrole nitrogens is 1. The van der Waals surface area contributed by atoms with E-state index in [0.29, 0.717) is 11.1 Å². The van der Waals surface area contributed by atoms with Gasteiger partial charge >= 0.3 is 108 Å². The van der Waals surface area contributed by atoms with Crippen LogP contribution < -0.4 is 11.3 Å². The van der Waals surface area contributed by atoms with Crippen LogP contribution in [0.15, 0.2) is 11.1 Å². The van der Waals surface area contributed by atoms with Crippen LogP contribution in [0.2, 0.25) is 4.82 Å². The van der Waals surface area contributed by atoms with Gasteiger partial charge in [-0.1, -0.05) is 0 Å². The van der Waals surface area contributed by atoms with E-state index in [4.69, 9.17) is 15.9 Å². The van der Waals surface area contributed by atoms with Crippen molar-refractivity contribution < 1.29 is 10.2 Å². The third-order valence-corrected chi connectivity index (χ3v) is 4.86.